The van der Waals surface area contributed by atoms with Crippen LogP contribution in [0.25, 0.3) is 0 Å². The number of nitrogens with two attached hydrogens (primary N) is 1. The van der Waals surface area contributed by atoms with Gasteiger partial charge in [-0.1, -0.05) is 23.7 Å². The van der Waals surface area contributed by atoms with E-state index in [0.717, 1.165) is 31.1 Å². The van der Waals surface area contributed by atoms with E-state index in [1.54, 1.807) is 0 Å². The molecule has 0 amide bonds. The summed E-state index contributed by atoms with van der Waals surface area (Å²) in [6.07, 6.45) is 1.05. The molecule has 0 unspecified atom stereocenters. The van der Waals surface area contributed by atoms with Gasteiger partial charge >= 0.3 is 0 Å². The van der Waals surface area contributed by atoms with Crippen LogP contribution in [0.4, 0.5) is 0 Å². The minimum Gasteiger partial charge on any atom is -0.330 e. The first-order valence-electron chi connectivity index (χ1n) is 4.85. The molecule has 0 spiro atoms. The maximum Gasteiger partial charge on any atom is 0.0406 e. The molecule has 78 valence electrons. The van der Waals surface area contributed by atoms with Gasteiger partial charge in [-0.3, -0.25) is 0 Å². The van der Waals surface area contributed by atoms with Gasteiger partial charge in [0.2, 0.25) is 0 Å². The van der Waals surface area contributed by atoms with Crippen molar-refractivity contribution < 1.29 is 0 Å². The topological polar surface area (TPSA) is 29.3 Å². The Morgan fingerprint density at radius 1 is 1.29 bits per heavy atom. The summed E-state index contributed by atoms with van der Waals surface area (Å²) in [4.78, 5) is 2.26. The minimum atomic E-state index is 0.755. The summed E-state index contributed by atoms with van der Waals surface area (Å²) in [7, 11) is 2.10. The van der Waals surface area contributed by atoms with Gasteiger partial charge in [-0.2, -0.15) is 0 Å². The molecular weight excluding hydrogens is 196 g/mol. The van der Waals surface area contributed by atoms with Crippen molar-refractivity contribution in [3.8, 4) is 0 Å². The molecule has 1 rings (SSSR count). The SMILES string of the molecule is CN(CCCN)Cc1ccc(Cl)cc1. The molecule has 0 bridgehead atoms. The number of hydrogen-bond donors (Lipinski definition) is 1. The van der Waals surface area contributed by atoms with Crippen molar-refractivity contribution in [1.82, 2.24) is 4.90 Å². The smallest absolute Gasteiger partial charge is 0.0406 e. The van der Waals surface area contributed by atoms with Gasteiger partial charge < -0.3 is 10.6 Å². The Kier molecular flexibility index (Phi) is 4.94. The fraction of sp³-hybridized carbons (Fsp3) is 0.455. The van der Waals surface area contributed by atoms with E-state index in [0.29, 0.717) is 0 Å². The highest BCUT2D eigenvalue weighted by Gasteiger charge is 1.99. The molecule has 0 aliphatic rings. The van der Waals surface area contributed by atoms with Gasteiger partial charge in [0.1, 0.15) is 0 Å². The largest absolute Gasteiger partial charge is 0.330 e. The molecule has 0 fully saturated rings. The average Bonchev–Trinajstić information content (AvgIpc) is 2.18. The Labute approximate surface area is 90.7 Å². The Hall–Kier alpha value is -0.570. The lowest BCUT2D eigenvalue weighted by Gasteiger charge is -2.15. The molecule has 0 aliphatic carbocycles. The van der Waals surface area contributed by atoms with Crippen LogP contribution in [0.5, 0.6) is 0 Å². The van der Waals surface area contributed by atoms with Crippen molar-refractivity contribution >= 4 is 11.6 Å². The van der Waals surface area contributed by atoms with Crippen LogP contribution in [0.1, 0.15) is 12.0 Å². The fourth-order valence-corrected chi connectivity index (χ4v) is 1.47. The molecule has 1 aromatic carbocycles. The van der Waals surface area contributed by atoms with Crippen molar-refractivity contribution in [3.63, 3.8) is 0 Å². The summed E-state index contributed by atoms with van der Waals surface area (Å²) < 4.78 is 0. The van der Waals surface area contributed by atoms with Crippen LogP contribution in [-0.2, 0) is 6.54 Å². The number of benzene rings is 1. The van der Waals surface area contributed by atoms with Crippen LogP contribution in [0, 0.1) is 0 Å². The highest BCUT2D eigenvalue weighted by molar-refractivity contribution is 6.30. The lowest BCUT2D eigenvalue weighted by Crippen LogP contribution is -2.21. The summed E-state index contributed by atoms with van der Waals surface area (Å²) >= 11 is 5.80. The zero-order chi connectivity index (χ0) is 10.4. The van der Waals surface area contributed by atoms with E-state index in [9.17, 15) is 0 Å². The molecule has 0 aromatic heterocycles. The second-order valence-corrected chi connectivity index (χ2v) is 3.94. The zero-order valence-corrected chi connectivity index (χ0v) is 9.30. The summed E-state index contributed by atoms with van der Waals surface area (Å²) in [5.74, 6) is 0. The molecule has 1 aromatic rings. The minimum absolute atomic E-state index is 0.755. The summed E-state index contributed by atoms with van der Waals surface area (Å²) in [6, 6.07) is 7.96. The molecule has 0 heterocycles. The van der Waals surface area contributed by atoms with E-state index < -0.39 is 0 Å². The second-order valence-electron chi connectivity index (χ2n) is 3.51. The molecule has 3 heteroatoms. The molecule has 0 aliphatic heterocycles. The Morgan fingerprint density at radius 3 is 2.50 bits per heavy atom. The third kappa shape index (κ3) is 4.09. The Bertz CT molecular complexity index is 258. The highest BCUT2D eigenvalue weighted by atomic mass is 35.5. The Morgan fingerprint density at radius 2 is 1.93 bits per heavy atom. The van der Waals surface area contributed by atoms with Crippen molar-refractivity contribution in [2.75, 3.05) is 20.1 Å². The fourth-order valence-electron chi connectivity index (χ4n) is 1.34. The second kappa shape index (κ2) is 6.02. The first kappa shape index (κ1) is 11.5. The van der Waals surface area contributed by atoms with Gasteiger partial charge in [-0.25, -0.2) is 0 Å². The van der Waals surface area contributed by atoms with Crippen molar-refractivity contribution in [2.45, 2.75) is 13.0 Å². The van der Waals surface area contributed by atoms with Crippen LogP contribution >= 0.6 is 11.6 Å². The lowest BCUT2D eigenvalue weighted by atomic mass is 10.2. The van der Waals surface area contributed by atoms with Gasteiger partial charge in [-0.05, 0) is 44.3 Å². The Balaban J connectivity index is 2.39. The number of rotatable bonds is 5. The van der Waals surface area contributed by atoms with Crippen molar-refractivity contribution in [1.29, 1.82) is 0 Å². The van der Waals surface area contributed by atoms with Crippen molar-refractivity contribution in [3.05, 3.63) is 34.9 Å². The molecule has 2 N–H and O–H groups in total. The van der Waals surface area contributed by atoms with E-state index in [1.807, 2.05) is 12.1 Å². The van der Waals surface area contributed by atoms with Crippen LogP contribution in [0.3, 0.4) is 0 Å². The van der Waals surface area contributed by atoms with Crippen LogP contribution < -0.4 is 5.73 Å². The van der Waals surface area contributed by atoms with E-state index in [1.165, 1.54) is 5.56 Å². The van der Waals surface area contributed by atoms with Crippen LogP contribution in [-0.4, -0.2) is 25.0 Å². The normalized spacial score (nSPS) is 10.9. The predicted molar refractivity (Wildman–Crippen MR) is 61.5 cm³/mol. The lowest BCUT2D eigenvalue weighted by molar-refractivity contribution is 0.324. The van der Waals surface area contributed by atoms with Crippen LogP contribution in [0.2, 0.25) is 5.02 Å². The number of nitrogens with zero attached hydrogens (tertiary/aromatic N) is 1. The zero-order valence-electron chi connectivity index (χ0n) is 8.54. The number of halogens is 1. The maximum atomic E-state index is 5.80. The van der Waals surface area contributed by atoms with Gasteiger partial charge in [0.15, 0.2) is 0 Å². The van der Waals surface area contributed by atoms with Gasteiger partial charge in [0.25, 0.3) is 0 Å². The van der Waals surface area contributed by atoms with Crippen LogP contribution in [0.15, 0.2) is 24.3 Å². The first-order valence-corrected chi connectivity index (χ1v) is 5.23. The third-order valence-corrected chi connectivity index (χ3v) is 2.36. The highest BCUT2D eigenvalue weighted by Crippen LogP contribution is 2.10. The standard InChI is InChI=1S/C11H17ClN2/c1-14(8-2-7-13)9-10-3-5-11(12)6-4-10/h3-6H,2,7-9,13H2,1H3. The van der Waals surface area contributed by atoms with Crippen molar-refractivity contribution in [2.24, 2.45) is 5.73 Å². The molecule has 0 saturated carbocycles. The molecule has 14 heavy (non-hydrogen) atoms. The van der Waals surface area contributed by atoms with E-state index in [2.05, 4.69) is 24.1 Å². The van der Waals surface area contributed by atoms with E-state index in [-0.39, 0.29) is 0 Å². The quantitative estimate of drug-likeness (QED) is 0.810. The molecule has 2 nitrogen and oxygen atoms in total. The van der Waals surface area contributed by atoms with Gasteiger partial charge in [0.05, 0.1) is 0 Å². The maximum absolute atomic E-state index is 5.80. The van der Waals surface area contributed by atoms with Gasteiger partial charge in [-0.15, -0.1) is 0 Å². The summed E-state index contributed by atoms with van der Waals surface area (Å²) in [5, 5.41) is 0.790. The molecule has 0 atom stereocenters. The third-order valence-electron chi connectivity index (χ3n) is 2.11. The summed E-state index contributed by atoms with van der Waals surface area (Å²) in [6.45, 7) is 2.75. The first-order chi connectivity index (χ1) is 6.72. The summed E-state index contributed by atoms with van der Waals surface area (Å²) in [5.41, 5.74) is 6.73. The predicted octanol–water partition coefficient (Wildman–Crippen LogP) is 2.12. The van der Waals surface area contributed by atoms with E-state index >= 15 is 0 Å². The van der Waals surface area contributed by atoms with E-state index in [4.69, 9.17) is 17.3 Å². The van der Waals surface area contributed by atoms with Gasteiger partial charge in [0, 0.05) is 11.6 Å². The average molecular weight is 213 g/mol. The number of hydrogen-bond acceptors (Lipinski definition) is 2. The molecule has 0 radical (unpaired) electrons. The monoisotopic (exact) mass is 212 g/mol. The molecule has 0 saturated heterocycles. The molecular formula is C11H17ClN2.